The standard InChI is InChI=1S/C14H17NO2/c1-3-12(2)14(11-15(16)17)10-9-13-7-5-4-6-8-13/h1,4-8,12,14H,9-11H2,2H3. The van der Waals surface area contributed by atoms with E-state index in [1.54, 1.807) is 0 Å². The van der Waals surface area contributed by atoms with Gasteiger partial charge in [-0.15, -0.1) is 12.3 Å². The van der Waals surface area contributed by atoms with Crippen molar-refractivity contribution in [1.82, 2.24) is 0 Å². The molecule has 0 saturated heterocycles. The Morgan fingerprint density at radius 3 is 2.59 bits per heavy atom. The number of hydrogen-bond acceptors (Lipinski definition) is 2. The zero-order valence-electron chi connectivity index (χ0n) is 10.0. The summed E-state index contributed by atoms with van der Waals surface area (Å²) < 4.78 is 0. The van der Waals surface area contributed by atoms with Gasteiger partial charge in [0.1, 0.15) is 0 Å². The van der Waals surface area contributed by atoms with E-state index in [4.69, 9.17) is 6.42 Å². The van der Waals surface area contributed by atoms with Crippen molar-refractivity contribution < 1.29 is 4.92 Å². The highest BCUT2D eigenvalue weighted by molar-refractivity contribution is 5.14. The molecule has 0 saturated carbocycles. The van der Waals surface area contributed by atoms with E-state index in [9.17, 15) is 10.1 Å². The fourth-order valence-corrected chi connectivity index (χ4v) is 1.82. The van der Waals surface area contributed by atoms with Crippen LogP contribution in [0.2, 0.25) is 0 Å². The topological polar surface area (TPSA) is 43.1 Å². The Bertz CT molecular complexity index is 394. The van der Waals surface area contributed by atoms with Crippen molar-refractivity contribution in [3.63, 3.8) is 0 Å². The lowest BCUT2D eigenvalue weighted by molar-refractivity contribution is -0.489. The number of nitro groups is 1. The van der Waals surface area contributed by atoms with Crippen LogP contribution in [0.4, 0.5) is 0 Å². The van der Waals surface area contributed by atoms with E-state index in [0.717, 1.165) is 12.8 Å². The molecule has 2 unspecified atom stereocenters. The second-order valence-electron chi connectivity index (χ2n) is 4.26. The largest absolute Gasteiger partial charge is 0.265 e. The van der Waals surface area contributed by atoms with Gasteiger partial charge in [0.2, 0.25) is 6.54 Å². The first kappa shape index (κ1) is 13.2. The number of nitrogens with zero attached hydrogens (tertiary/aromatic N) is 1. The highest BCUT2D eigenvalue weighted by Gasteiger charge is 2.20. The predicted molar refractivity (Wildman–Crippen MR) is 68.1 cm³/mol. The summed E-state index contributed by atoms with van der Waals surface area (Å²) in [5.41, 5.74) is 1.20. The minimum Gasteiger partial charge on any atom is -0.265 e. The van der Waals surface area contributed by atoms with Gasteiger partial charge in [0, 0.05) is 16.8 Å². The fourth-order valence-electron chi connectivity index (χ4n) is 1.82. The lowest BCUT2D eigenvalue weighted by Gasteiger charge is -2.15. The van der Waals surface area contributed by atoms with Crippen LogP contribution >= 0.6 is 0 Å². The molecule has 17 heavy (non-hydrogen) atoms. The van der Waals surface area contributed by atoms with Crippen LogP contribution in [0.1, 0.15) is 18.9 Å². The molecule has 0 aliphatic carbocycles. The summed E-state index contributed by atoms with van der Waals surface area (Å²) in [6.45, 7) is 1.83. The molecular formula is C14H17NO2. The first-order valence-electron chi connectivity index (χ1n) is 5.75. The molecule has 0 radical (unpaired) electrons. The van der Waals surface area contributed by atoms with Crippen LogP contribution in [-0.2, 0) is 6.42 Å². The summed E-state index contributed by atoms with van der Waals surface area (Å²) in [5, 5.41) is 10.6. The van der Waals surface area contributed by atoms with Crippen LogP contribution in [0.25, 0.3) is 0 Å². The minimum absolute atomic E-state index is 0.0435. The fraction of sp³-hybridized carbons (Fsp3) is 0.429. The molecule has 0 aliphatic heterocycles. The zero-order valence-corrected chi connectivity index (χ0v) is 10.0. The van der Waals surface area contributed by atoms with Gasteiger partial charge in [-0.3, -0.25) is 10.1 Å². The average molecular weight is 231 g/mol. The molecule has 3 heteroatoms. The molecule has 0 spiro atoms. The minimum atomic E-state index is -0.274. The summed E-state index contributed by atoms with van der Waals surface area (Å²) in [4.78, 5) is 10.3. The van der Waals surface area contributed by atoms with Gasteiger partial charge in [0.25, 0.3) is 0 Å². The number of aryl methyl sites for hydroxylation is 1. The highest BCUT2D eigenvalue weighted by Crippen LogP contribution is 2.18. The number of hydrogen-bond donors (Lipinski definition) is 0. The van der Waals surface area contributed by atoms with Crippen molar-refractivity contribution in [3.05, 3.63) is 46.0 Å². The molecule has 2 atom stereocenters. The third-order valence-electron chi connectivity index (χ3n) is 3.00. The van der Waals surface area contributed by atoms with Crippen molar-refractivity contribution in [1.29, 1.82) is 0 Å². The summed E-state index contributed by atoms with van der Waals surface area (Å²) in [6, 6.07) is 9.97. The molecule has 0 bridgehead atoms. The van der Waals surface area contributed by atoms with Gasteiger partial charge in [-0.2, -0.15) is 0 Å². The van der Waals surface area contributed by atoms with Crippen molar-refractivity contribution in [3.8, 4) is 12.3 Å². The molecule has 0 amide bonds. The Morgan fingerprint density at radius 2 is 2.06 bits per heavy atom. The van der Waals surface area contributed by atoms with Gasteiger partial charge < -0.3 is 0 Å². The van der Waals surface area contributed by atoms with Crippen molar-refractivity contribution in [2.75, 3.05) is 6.54 Å². The Balaban J connectivity index is 2.55. The third kappa shape index (κ3) is 4.69. The van der Waals surface area contributed by atoms with Crippen molar-refractivity contribution in [2.24, 2.45) is 11.8 Å². The van der Waals surface area contributed by atoms with Crippen LogP contribution in [0.15, 0.2) is 30.3 Å². The SMILES string of the molecule is C#CC(C)C(CCc1ccccc1)C[N+](=O)[O-]. The number of terminal acetylenes is 1. The monoisotopic (exact) mass is 231 g/mol. The Labute approximate surface area is 102 Å². The molecule has 1 rings (SSSR count). The van der Waals surface area contributed by atoms with Crippen LogP contribution in [-0.4, -0.2) is 11.5 Å². The Morgan fingerprint density at radius 1 is 1.41 bits per heavy atom. The molecule has 3 nitrogen and oxygen atoms in total. The quantitative estimate of drug-likeness (QED) is 0.429. The lowest BCUT2D eigenvalue weighted by atomic mass is 9.89. The molecule has 0 fully saturated rings. The molecule has 0 aromatic heterocycles. The predicted octanol–water partition coefficient (Wildman–Crippen LogP) is 2.78. The van der Waals surface area contributed by atoms with Gasteiger partial charge in [0.15, 0.2) is 0 Å². The molecule has 0 N–H and O–H groups in total. The highest BCUT2D eigenvalue weighted by atomic mass is 16.6. The maximum atomic E-state index is 10.6. The van der Waals surface area contributed by atoms with E-state index in [-0.39, 0.29) is 23.3 Å². The lowest BCUT2D eigenvalue weighted by Crippen LogP contribution is -2.21. The van der Waals surface area contributed by atoms with E-state index in [1.807, 2.05) is 37.3 Å². The summed E-state index contributed by atoms with van der Waals surface area (Å²) >= 11 is 0. The van der Waals surface area contributed by atoms with Gasteiger partial charge in [0.05, 0.1) is 0 Å². The van der Waals surface area contributed by atoms with E-state index in [0.29, 0.717) is 0 Å². The third-order valence-corrected chi connectivity index (χ3v) is 3.00. The smallest absolute Gasteiger partial charge is 0.207 e. The first-order valence-corrected chi connectivity index (χ1v) is 5.75. The maximum absolute atomic E-state index is 10.6. The summed E-state index contributed by atoms with van der Waals surface area (Å²) in [6.07, 6.45) is 6.94. The maximum Gasteiger partial charge on any atom is 0.207 e. The summed E-state index contributed by atoms with van der Waals surface area (Å²) in [7, 11) is 0. The van der Waals surface area contributed by atoms with Gasteiger partial charge in [-0.1, -0.05) is 37.3 Å². The van der Waals surface area contributed by atoms with Crippen molar-refractivity contribution in [2.45, 2.75) is 19.8 Å². The molecule has 1 aromatic carbocycles. The first-order chi connectivity index (χ1) is 8.13. The van der Waals surface area contributed by atoms with Gasteiger partial charge >= 0.3 is 0 Å². The van der Waals surface area contributed by atoms with E-state index < -0.39 is 0 Å². The van der Waals surface area contributed by atoms with Crippen LogP contribution < -0.4 is 0 Å². The van der Waals surface area contributed by atoms with Gasteiger partial charge in [-0.05, 0) is 18.4 Å². The number of benzene rings is 1. The normalized spacial score (nSPS) is 13.6. The molecule has 1 aromatic rings. The van der Waals surface area contributed by atoms with Crippen molar-refractivity contribution >= 4 is 0 Å². The Hall–Kier alpha value is -1.82. The average Bonchev–Trinajstić information content (AvgIpc) is 2.34. The second kappa shape index (κ2) is 6.70. The van der Waals surface area contributed by atoms with E-state index >= 15 is 0 Å². The Kier molecular flexibility index (Phi) is 5.22. The van der Waals surface area contributed by atoms with Gasteiger partial charge in [-0.25, -0.2) is 0 Å². The molecule has 0 heterocycles. The van der Waals surface area contributed by atoms with E-state index in [2.05, 4.69) is 5.92 Å². The number of rotatable bonds is 6. The van der Waals surface area contributed by atoms with Crippen LogP contribution in [0.5, 0.6) is 0 Å². The van der Waals surface area contributed by atoms with E-state index in [1.165, 1.54) is 5.56 Å². The molecular weight excluding hydrogens is 214 g/mol. The second-order valence-corrected chi connectivity index (χ2v) is 4.26. The summed E-state index contributed by atoms with van der Waals surface area (Å²) in [5.74, 6) is 2.50. The molecule has 90 valence electrons. The molecule has 0 aliphatic rings. The van der Waals surface area contributed by atoms with Crippen LogP contribution in [0.3, 0.4) is 0 Å². The zero-order chi connectivity index (χ0) is 12.7. The van der Waals surface area contributed by atoms with Crippen LogP contribution in [0, 0.1) is 34.3 Å².